The number of carbonyl (C=O) groups is 1. The number of likely N-dealkylation sites (tertiary alicyclic amines) is 1. The van der Waals surface area contributed by atoms with E-state index in [4.69, 9.17) is 4.74 Å². The van der Waals surface area contributed by atoms with Gasteiger partial charge in [-0.25, -0.2) is 0 Å². The van der Waals surface area contributed by atoms with Gasteiger partial charge in [-0.05, 0) is 66.3 Å². The molecule has 0 bridgehead atoms. The summed E-state index contributed by atoms with van der Waals surface area (Å²) >= 11 is 3.43. The molecule has 2 heterocycles. The fraction of sp³-hybridized carbons (Fsp3) is 0.588. The van der Waals surface area contributed by atoms with Crippen molar-refractivity contribution in [1.29, 1.82) is 0 Å². The lowest BCUT2D eigenvalue weighted by Crippen LogP contribution is -2.44. The predicted octanol–water partition coefficient (Wildman–Crippen LogP) is 2.68. The molecule has 2 aliphatic heterocycles. The maximum atomic E-state index is 12.2. The van der Waals surface area contributed by atoms with Gasteiger partial charge in [0.15, 0.2) is 0 Å². The van der Waals surface area contributed by atoms with E-state index in [1.165, 1.54) is 6.42 Å². The van der Waals surface area contributed by atoms with E-state index < -0.39 is 0 Å². The van der Waals surface area contributed by atoms with Crippen LogP contribution in [0.25, 0.3) is 0 Å². The largest absolute Gasteiger partial charge is 0.380 e. The first kappa shape index (κ1) is 16.0. The normalized spacial score (nSPS) is 23.6. The Morgan fingerprint density at radius 1 is 1.27 bits per heavy atom. The van der Waals surface area contributed by atoms with Gasteiger partial charge < -0.3 is 10.1 Å². The van der Waals surface area contributed by atoms with Crippen molar-refractivity contribution < 1.29 is 9.53 Å². The summed E-state index contributed by atoms with van der Waals surface area (Å²) in [7, 11) is 0. The Labute approximate surface area is 140 Å². The molecule has 1 aromatic rings. The summed E-state index contributed by atoms with van der Waals surface area (Å²) in [4.78, 5) is 14.8. The third-order valence-corrected chi connectivity index (χ3v) is 5.43. The standard InChI is InChI=1S/C17H23BrN2O2/c18-16-4-2-1-3-15(16)17(21)19-11-13-5-8-20(9-6-13)14-7-10-22-12-14/h1-4,13-14H,5-12H2,(H,19,21)/t14-/m0/s1. The Morgan fingerprint density at radius 2 is 2.05 bits per heavy atom. The van der Waals surface area contributed by atoms with Crippen LogP contribution in [-0.2, 0) is 4.74 Å². The van der Waals surface area contributed by atoms with Crippen LogP contribution in [0, 0.1) is 5.92 Å². The molecule has 0 radical (unpaired) electrons. The van der Waals surface area contributed by atoms with Gasteiger partial charge in [-0.1, -0.05) is 12.1 Å². The maximum Gasteiger partial charge on any atom is 0.252 e. The summed E-state index contributed by atoms with van der Waals surface area (Å²) in [5, 5.41) is 3.08. The topological polar surface area (TPSA) is 41.6 Å². The average Bonchev–Trinajstić information content (AvgIpc) is 3.08. The number of ether oxygens (including phenoxy) is 1. The van der Waals surface area contributed by atoms with Crippen LogP contribution < -0.4 is 5.32 Å². The molecule has 0 spiro atoms. The average molecular weight is 367 g/mol. The minimum absolute atomic E-state index is 0.0131. The van der Waals surface area contributed by atoms with Gasteiger partial charge in [-0.15, -0.1) is 0 Å². The van der Waals surface area contributed by atoms with Crippen LogP contribution in [0.5, 0.6) is 0 Å². The number of halogens is 1. The van der Waals surface area contributed by atoms with Crippen molar-refractivity contribution in [3.63, 3.8) is 0 Å². The minimum atomic E-state index is 0.0131. The van der Waals surface area contributed by atoms with Crippen molar-refractivity contribution in [3.8, 4) is 0 Å². The first-order chi connectivity index (χ1) is 10.7. The summed E-state index contributed by atoms with van der Waals surface area (Å²) in [6.45, 7) is 4.83. The summed E-state index contributed by atoms with van der Waals surface area (Å²) in [6, 6.07) is 8.18. The van der Waals surface area contributed by atoms with Crippen molar-refractivity contribution in [2.75, 3.05) is 32.8 Å². The lowest BCUT2D eigenvalue weighted by Gasteiger charge is -2.35. The number of hydrogen-bond acceptors (Lipinski definition) is 3. The quantitative estimate of drug-likeness (QED) is 0.890. The van der Waals surface area contributed by atoms with E-state index in [1.807, 2.05) is 24.3 Å². The molecule has 2 saturated heterocycles. The van der Waals surface area contributed by atoms with E-state index in [9.17, 15) is 4.79 Å². The smallest absolute Gasteiger partial charge is 0.252 e. The van der Waals surface area contributed by atoms with E-state index in [1.54, 1.807) is 0 Å². The number of hydrogen-bond donors (Lipinski definition) is 1. The monoisotopic (exact) mass is 366 g/mol. The molecule has 0 saturated carbocycles. The summed E-state index contributed by atoms with van der Waals surface area (Å²) < 4.78 is 6.32. The van der Waals surface area contributed by atoms with Gasteiger partial charge in [0.25, 0.3) is 5.91 Å². The number of amides is 1. The molecule has 0 aromatic heterocycles. The SMILES string of the molecule is O=C(NCC1CCN([C@H]2CCOC2)CC1)c1ccccc1Br. The van der Waals surface area contributed by atoms with Gasteiger partial charge in [0.05, 0.1) is 12.2 Å². The summed E-state index contributed by atoms with van der Waals surface area (Å²) in [6.07, 6.45) is 3.49. The Kier molecular flexibility index (Phi) is 5.50. The molecule has 3 rings (SSSR count). The maximum absolute atomic E-state index is 12.2. The van der Waals surface area contributed by atoms with Crippen LogP contribution in [0.2, 0.25) is 0 Å². The van der Waals surface area contributed by atoms with Crippen LogP contribution >= 0.6 is 15.9 Å². The second-order valence-electron chi connectivity index (χ2n) is 6.19. The van der Waals surface area contributed by atoms with Gasteiger partial charge >= 0.3 is 0 Å². The van der Waals surface area contributed by atoms with Crippen molar-refractivity contribution in [2.24, 2.45) is 5.92 Å². The van der Waals surface area contributed by atoms with Crippen molar-refractivity contribution in [2.45, 2.75) is 25.3 Å². The van der Waals surface area contributed by atoms with E-state index in [0.29, 0.717) is 17.5 Å². The molecule has 120 valence electrons. The fourth-order valence-electron chi connectivity index (χ4n) is 3.31. The van der Waals surface area contributed by atoms with Crippen molar-refractivity contribution in [3.05, 3.63) is 34.3 Å². The zero-order valence-electron chi connectivity index (χ0n) is 12.8. The predicted molar refractivity (Wildman–Crippen MR) is 90.0 cm³/mol. The van der Waals surface area contributed by atoms with Crippen LogP contribution in [-0.4, -0.2) is 49.7 Å². The lowest BCUT2D eigenvalue weighted by atomic mass is 9.95. The van der Waals surface area contributed by atoms with E-state index in [2.05, 4.69) is 26.1 Å². The van der Waals surface area contributed by atoms with Gasteiger partial charge in [-0.3, -0.25) is 9.69 Å². The highest BCUT2D eigenvalue weighted by molar-refractivity contribution is 9.10. The molecular weight excluding hydrogens is 344 g/mol. The highest BCUT2D eigenvalue weighted by atomic mass is 79.9. The Bertz CT molecular complexity index is 509. The highest BCUT2D eigenvalue weighted by Gasteiger charge is 2.27. The third kappa shape index (κ3) is 3.89. The first-order valence-corrected chi connectivity index (χ1v) is 8.88. The Balaban J connectivity index is 1.43. The second-order valence-corrected chi connectivity index (χ2v) is 7.04. The van der Waals surface area contributed by atoms with Crippen LogP contribution in [0.3, 0.4) is 0 Å². The van der Waals surface area contributed by atoms with Crippen molar-refractivity contribution in [1.82, 2.24) is 10.2 Å². The molecule has 4 nitrogen and oxygen atoms in total. The fourth-order valence-corrected chi connectivity index (χ4v) is 3.77. The van der Waals surface area contributed by atoms with Crippen molar-refractivity contribution >= 4 is 21.8 Å². The molecule has 1 amide bonds. The van der Waals surface area contributed by atoms with Gasteiger partial charge in [0.1, 0.15) is 0 Å². The zero-order valence-corrected chi connectivity index (χ0v) is 14.3. The number of carbonyl (C=O) groups excluding carboxylic acids is 1. The van der Waals surface area contributed by atoms with Crippen LogP contribution in [0.1, 0.15) is 29.6 Å². The second kappa shape index (κ2) is 7.57. The first-order valence-electron chi connectivity index (χ1n) is 8.08. The zero-order chi connectivity index (χ0) is 15.4. The molecule has 5 heteroatoms. The Morgan fingerprint density at radius 3 is 2.73 bits per heavy atom. The van der Waals surface area contributed by atoms with Gasteiger partial charge in [0.2, 0.25) is 0 Å². The molecule has 0 aliphatic carbocycles. The number of nitrogens with one attached hydrogen (secondary N) is 1. The van der Waals surface area contributed by atoms with Gasteiger partial charge in [0, 0.05) is 23.7 Å². The molecular formula is C17H23BrN2O2. The number of rotatable bonds is 4. The number of nitrogens with zero attached hydrogens (tertiary/aromatic N) is 1. The molecule has 0 unspecified atom stereocenters. The third-order valence-electron chi connectivity index (χ3n) is 4.74. The lowest BCUT2D eigenvalue weighted by molar-refractivity contribution is 0.0910. The Hall–Kier alpha value is -0.910. The molecule has 2 aliphatic rings. The van der Waals surface area contributed by atoms with E-state index >= 15 is 0 Å². The molecule has 1 atom stereocenters. The molecule has 1 N–H and O–H groups in total. The van der Waals surface area contributed by atoms with E-state index in [-0.39, 0.29) is 5.91 Å². The van der Waals surface area contributed by atoms with Gasteiger partial charge in [-0.2, -0.15) is 0 Å². The molecule has 22 heavy (non-hydrogen) atoms. The number of benzene rings is 1. The summed E-state index contributed by atoms with van der Waals surface area (Å²) in [5.41, 5.74) is 0.711. The number of piperidine rings is 1. The highest BCUT2D eigenvalue weighted by Crippen LogP contribution is 2.22. The van der Waals surface area contributed by atoms with Crippen LogP contribution in [0.15, 0.2) is 28.7 Å². The molecule has 1 aromatic carbocycles. The minimum Gasteiger partial charge on any atom is -0.380 e. The summed E-state index contributed by atoms with van der Waals surface area (Å²) in [5.74, 6) is 0.601. The van der Waals surface area contributed by atoms with Crippen LogP contribution in [0.4, 0.5) is 0 Å². The van der Waals surface area contributed by atoms with E-state index in [0.717, 1.165) is 50.2 Å². The molecule has 2 fully saturated rings.